The number of unbranched alkanes of at least 4 members (excludes halogenated alkanes) is 43. The fraction of sp³-hybridized carbons (Fsp3) is 0.797. The molecule has 4 heteroatoms. The standard InChI is InChI=1S/C74H135NO3/c1-3-5-7-9-11-13-15-17-19-21-23-25-27-29-30-31-32-33-34-35-36-37-38-39-40-41-42-43-44-46-48-50-52-54-56-58-60-62-64-66-68-70-74(78)75-72(71-76)73(77)69-67-65-63-61-59-57-55-53-51-49-47-45-28-26-24-22-20-18-16-14-12-10-8-6-4-2/h5,7,11,13,17,19,23,25,29-30,32-33,35-36,72-73,76-77H,3-4,6,8-10,12,14-16,18,20-22,24,26-28,31,34,37-71H2,1-2H3,(H,75,78)/b7-5-,13-11-,19-17-,25-23-,30-29-,33-32-,36-35-. The molecule has 4 nitrogen and oxygen atoms in total. The first-order chi connectivity index (χ1) is 38.7. The molecule has 78 heavy (non-hydrogen) atoms. The maximum absolute atomic E-state index is 12.6. The van der Waals surface area contributed by atoms with Crippen LogP contribution >= 0.6 is 0 Å². The van der Waals surface area contributed by atoms with E-state index in [4.69, 9.17) is 0 Å². The molecule has 2 unspecified atom stereocenters. The molecule has 454 valence electrons. The lowest BCUT2D eigenvalue weighted by atomic mass is 10.0. The lowest BCUT2D eigenvalue weighted by Gasteiger charge is -2.22. The van der Waals surface area contributed by atoms with E-state index in [1.165, 1.54) is 263 Å². The largest absolute Gasteiger partial charge is 0.394 e. The smallest absolute Gasteiger partial charge is 0.220 e. The number of aliphatic hydroxyl groups is 2. The number of nitrogens with one attached hydrogen (secondary N) is 1. The number of hydrogen-bond donors (Lipinski definition) is 3. The molecule has 0 rings (SSSR count). The van der Waals surface area contributed by atoms with E-state index in [0.717, 1.165) is 70.6 Å². The predicted molar refractivity (Wildman–Crippen MR) is 350 cm³/mol. The van der Waals surface area contributed by atoms with E-state index in [2.05, 4.69) is 104 Å². The fourth-order valence-electron chi connectivity index (χ4n) is 10.7. The topological polar surface area (TPSA) is 69.6 Å². The van der Waals surface area contributed by atoms with E-state index < -0.39 is 12.1 Å². The van der Waals surface area contributed by atoms with Gasteiger partial charge in [-0.1, -0.05) is 369 Å². The third-order valence-electron chi connectivity index (χ3n) is 15.9. The zero-order chi connectivity index (χ0) is 56.2. The van der Waals surface area contributed by atoms with Crippen molar-refractivity contribution in [1.29, 1.82) is 0 Å². The van der Waals surface area contributed by atoms with Gasteiger partial charge in [0.05, 0.1) is 18.8 Å². The van der Waals surface area contributed by atoms with Gasteiger partial charge in [-0.25, -0.2) is 0 Å². The van der Waals surface area contributed by atoms with Crippen molar-refractivity contribution in [3.63, 3.8) is 0 Å². The molecule has 0 radical (unpaired) electrons. The average Bonchev–Trinajstić information content (AvgIpc) is 3.44. The van der Waals surface area contributed by atoms with Crippen molar-refractivity contribution in [1.82, 2.24) is 5.32 Å². The van der Waals surface area contributed by atoms with Crippen molar-refractivity contribution in [2.75, 3.05) is 6.61 Å². The van der Waals surface area contributed by atoms with Gasteiger partial charge >= 0.3 is 0 Å². The molecule has 2 atom stereocenters. The molecule has 0 aromatic heterocycles. The Kier molecular flexibility index (Phi) is 66.7. The van der Waals surface area contributed by atoms with Gasteiger partial charge in [0.15, 0.2) is 0 Å². The Balaban J connectivity index is 3.43. The summed E-state index contributed by atoms with van der Waals surface area (Å²) in [7, 11) is 0. The van der Waals surface area contributed by atoms with Crippen molar-refractivity contribution in [3.8, 4) is 0 Å². The molecule has 0 fully saturated rings. The van der Waals surface area contributed by atoms with Crippen LogP contribution in [0.2, 0.25) is 0 Å². The Morgan fingerprint density at radius 3 is 0.846 bits per heavy atom. The summed E-state index contributed by atoms with van der Waals surface area (Å²) >= 11 is 0. The Labute approximate surface area is 488 Å². The zero-order valence-electron chi connectivity index (χ0n) is 52.4. The molecule has 0 heterocycles. The quantitative estimate of drug-likeness (QED) is 0.0420. The molecule has 0 spiro atoms. The maximum Gasteiger partial charge on any atom is 0.220 e. The lowest BCUT2D eigenvalue weighted by molar-refractivity contribution is -0.123. The summed E-state index contributed by atoms with van der Waals surface area (Å²) in [6, 6.07) is -0.539. The van der Waals surface area contributed by atoms with Crippen molar-refractivity contribution in [2.24, 2.45) is 0 Å². The molecule has 0 bridgehead atoms. The highest BCUT2D eigenvalue weighted by Gasteiger charge is 2.20. The van der Waals surface area contributed by atoms with Crippen molar-refractivity contribution in [3.05, 3.63) is 85.1 Å². The highest BCUT2D eigenvalue weighted by atomic mass is 16.3. The van der Waals surface area contributed by atoms with Crippen molar-refractivity contribution < 1.29 is 15.0 Å². The molecule has 1 amide bonds. The third-order valence-corrected chi connectivity index (χ3v) is 15.9. The normalized spacial score (nSPS) is 13.2. The van der Waals surface area contributed by atoms with Gasteiger partial charge in [0.2, 0.25) is 5.91 Å². The van der Waals surface area contributed by atoms with E-state index >= 15 is 0 Å². The summed E-state index contributed by atoms with van der Waals surface area (Å²) in [4.78, 5) is 12.6. The summed E-state index contributed by atoms with van der Waals surface area (Å²) in [5.41, 5.74) is 0. The highest BCUT2D eigenvalue weighted by Crippen LogP contribution is 2.19. The minimum absolute atomic E-state index is 0.0262. The first-order valence-electron chi connectivity index (χ1n) is 34.8. The van der Waals surface area contributed by atoms with Gasteiger partial charge in [-0.05, 0) is 70.6 Å². The van der Waals surface area contributed by atoms with Gasteiger partial charge in [-0.3, -0.25) is 4.79 Å². The van der Waals surface area contributed by atoms with Crippen LogP contribution in [0.5, 0.6) is 0 Å². The van der Waals surface area contributed by atoms with Crippen LogP contribution < -0.4 is 5.32 Å². The minimum Gasteiger partial charge on any atom is -0.394 e. The number of carbonyl (C=O) groups excluding carboxylic acids is 1. The Morgan fingerprint density at radius 2 is 0.564 bits per heavy atom. The summed E-state index contributed by atoms with van der Waals surface area (Å²) in [5, 5.41) is 23.5. The van der Waals surface area contributed by atoms with Crippen LogP contribution in [0.15, 0.2) is 85.1 Å². The van der Waals surface area contributed by atoms with Crippen molar-refractivity contribution >= 4 is 5.91 Å². The fourth-order valence-corrected chi connectivity index (χ4v) is 10.7. The first-order valence-corrected chi connectivity index (χ1v) is 34.8. The number of carbonyl (C=O) groups is 1. The van der Waals surface area contributed by atoms with Gasteiger partial charge in [-0.2, -0.15) is 0 Å². The SMILES string of the molecule is CC/C=C\C/C=C\C/C=C\C/C=C\C/C=C\C/C=C\C/C=C\CCCCCCCCCCCCCCCCCCCCCC(=O)NC(CO)C(O)CCCCCCCCCCCCCCCCCCCCCCCCCCC. The summed E-state index contributed by atoms with van der Waals surface area (Å²) in [6.45, 7) is 4.28. The second kappa shape index (κ2) is 68.8. The van der Waals surface area contributed by atoms with E-state index in [-0.39, 0.29) is 12.5 Å². The Morgan fingerprint density at radius 1 is 0.321 bits per heavy atom. The summed E-state index contributed by atoms with van der Waals surface area (Å²) < 4.78 is 0. The van der Waals surface area contributed by atoms with Gasteiger partial charge < -0.3 is 15.5 Å². The summed E-state index contributed by atoms with van der Waals surface area (Å²) in [6.07, 6.45) is 101. The number of rotatable bonds is 64. The molecule has 0 aliphatic carbocycles. The van der Waals surface area contributed by atoms with E-state index in [1.54, 1.807) is 0 Å². The molecule has 0 aromatic rings. The number of hydrogen-bond acceptors (Lipinski definition) is 3. The van der Waals surface area contributed by atoms with Gasteiger partial charge in [0.25, 0.3) is 0 Å². The molecule has 0 aromatic carbocycles. The molecule has 3 N–H and O–H groups in total. The summed E-state index contributed by atoms with van der Waals surface area (Å²) in [5.74, 6) is -0.0262. The Hall–Kier alpha value is -2.43. The molecule has 0 aliphatic heterocycles. The van der Waals surface area contributed by atoms with Crippen molar-refractivity contribution in [2.45, 2.75) is 373 Å². The lowest BCUT2D eigenvalue weighted by Crippen LogP contribution is -2.45. The van der Waals surface area contributed by atoms with E-state index in [0.29, 0.717) is 12.8 Å². The highest BCUT2D eigenvalue weighted by molar-refractivity contribution is 5.76. The molecular formula is C74H135NO3. The monoisotopic (exact) mass is 1090 g/mol. The van der Waals surface area contributed by atoms with Crippen LogP contribution in [0, 0.1) is 0 Å². The average molecular weight is 1090 g/mol. The van der Waals surface area contributed by atoms with Gasteiger partial charge in [0, 0.05) is 6.42 Å². The van der Waals surface area contributed by atoms with Gasteiger partial charge in [0.1, 0.15) is 0 Å². The number of aliphatic hydroxyl groups excluding tert-OH is 2. The van der Waals surface area contributed by atoms with Crippen LogP contribution in [0.25, 0.3) is 0 Å². The van der Waals surface area contributed by atoms with Crippen LogP contribution in [0.1, 0.15) is 361 Å². The molecule has 0 saturated heterocycles. The second-order valence-corrected chi connectivity index (χ2v) is 23.6. The number of amides is 1. The number of allylic oxidation sites excluding steroid dienone is 14. The first kappa shape index (κ1) is 75.6. The maximum atomic E-state index is 12.6. The van der Waals surface area contributed by atoms with Crippen LogP contribution in [0.3, 0.4) is 0 Å². The van der Waals surface area contributed by atoms with Crippen LogP contribution in [0.4, 0.5) is 0 Å². The second-order valence-electron chi connectivity index (χ2n) is 23.6. The third kappa shape index (κ3) is 64.4. The van der Waals surface area contributed by atoms with Crippen LogP contribution in [-0.2, 0) is 4.79 Å². The van der Waals surface area contributed by atoms with E-state index in [9.17, 15) is 15.0 Å². The predicted octanol–water partition coefficient (Wildman–Crippen LogP) is 23.8. The van der Waals surface area contributed by atoms with Crippen LogP contribution in [-0.4, -0.2) is 34.9 Å². The minimum atomic E-state index is -0.663. The zero-order valence-corrected chi connectivity index (χ0v) is 52.4. The molecular weight excluding hydrogens is 951 g/mol. The van der Waals surface area contributed by atoms with Gasteiger partial charge in [-0.15, -0.1) is 0 Å². The Bertz CT molecular complexity index is 1370. The van der Waals surface area contributed by atoms with E-state index in [1.807, 2.05) is 0 Å². The molecule has 0 aliphatic rings. The molecule has 0 saturated carbocycles.